The molecule has 122 valence electrons. The van der Waals surface area contributed by atoms with Crippen LogP contribution in [-0.2, 0) is 17.4 Å². The van der Waals surface area contributed by atoms with E-state index < -0.39 is 17.6 Å². The van der Waals surface area contributed by atoms with Crippen molar-refractivity contribution in [2.45, 2.75) is 19.5 Å². The van der Waals surface area contributed by atoms with Gasteiger partial charge in [0, 0.05) is 6.07 Å². The molecule has 0 atom stereocenters. The first-order valence-electron chi connectivity index (χ1n) is 7.10. The van der Waals surface area contributed by atoms with E-state index in [1.54, 1.807) is 6.20 Å². The molecule has 1 amide bonds. The Kier molecular flexibility index (Phi) is 5.20. The number of aromatic amines is 1. The number of para-hydroxylation sites is 1. The third-order valence-corrected chi connectivity index (χ3v) is 3.22. The van der Waals surface area contributed by atoms with E-state index in [0.717, 1.165) is 18.1 Å². The van der Waals surface area contributed by atoms with E-state index in [-0.39, 0.29) is 12.2 Å². The van der Waals surface area contributed by atoms with Gasteiger partial charge in [0.2, 0.25) is 0 Å². The van der Waals surface area contributed by atoms with Crippen molar-refractivity contribution >= 4 is 17.4 Å². The molecule has 2 aromatic rings. The number of benzene rings is 1. The van der Waals surface area contributed by atoms with Crippen LogP contribution < -0.4 is 15.6 Å². The van der Waals surface area contributed by atoms with E-state index in [9.17, 15) is 18.0 Å². The monoisotopic (exact) mass is 324 g/mol. The molecule has 1 heterocycles. The Hall–Kier alpha value is -2.57. The van der Waals surface area contributed by atoms with Gasteiger partial charge >= 0.3 is 6.18 Å². The van der Waals surface area contributed by atoms with Gasteiger partial charge in [0.25, 0.3) is 11.7 Å². The topological polar surface area (TPSA) is 55.3 Å². The first-order chi connectivity index (χ1) is 10.9. The summed E-state index contributed by atoms with van der Waals surface area (Å²) in [7, 11) is 0. The lowest BCUT2D eigenvalue weighted by molar-refractivity contribution is -0.361. The maximum absolute atomic E-state index is 12.9. The highest BCUT2D eigenvalue weighted by Gasteiger charge is 2.33. The van der Waals surface area contributed by atoms with Gasteiger partial charge in [-0.3, -0.25) is 10.1 Å². The normalized spacial score (nSPS) is 11.1. The zero-order chi connectivity index (χ0) is 16.9. The number of amides is 1. The van der Waals surface area contributed by atoms with Crippen LogP contribution >= 0.6 is 0 Å². The standard InChI is InChI=1S/C16H16F3N3O/c1-2-11-7-8-20-14(9-11)21-10-15(23)22-13-6-4-3-5-12(13)16(17,18)19/h3-9H,2,10H2,1H3,(H,20,21)(H,22,23)/p+1. The number of aryl methyl sites for hydroxylation is 1. The van der Waals surface area contributed by atoms with Crippen molar-refractivity contribution < 1.29 is 22.9 Å². The molecule has 2 rings (SSSR count). The molecule has 0 saturated carbocycles. The highest BCUT2D eigenvalue weighted by atomic mass is 19.4. The maximum Gasteiger partial charge on any atom is 0.418 e. The summed E-state index contributed by atoms with van der Waals surface area (Å²) < 4.78 is 38.6. The number of aromatic nitrogens is 1. The van der Waals surface area contributed by atoms with E-state index in [2.05, 4.69) is 15.6 Å². The zero-order valence-electron chi connectivity index (χ0n) is 12.5. The van der Waals surface area contributed by atoms with Crippen molar-refractivity contribution in [3.8, 4) is 0 Å². The van der Waals surface area contributed by atoms with Crippen molar-refractivity contribution in [1.29, 1.82) is 0 Å². The molecule has 3 N–H and O–H groups in total. The number of carbonyl (C=O) groups excluding carboxylic acids is 1. The van der Waals surface area contributed by atoms with Crippen molar-refractivity contribution in [2.75, 3.05) is 17.2 Å². The van der Waals surface area contributed by atoms with Gasteiger partial charge in [-0.25, -0.2) is 4.98 Å². The predicted molar refractivity (Wildman–Crippen MR) is 80.9 cm³/mol. The van der Waals surface area contributed by atoms with Crippen LogP contribution in [0.4, 0.5) is 24.7 Å². The van der Waals surface area contributed by atoms with E-state index in [1.165, 1.54) is 18.2 Å². The Morgan fingerprint density at radius 2 is 1.96 bits per heavy atom. The minimum atomic E-state index is -4.51. The van der Waals surface area contributed by atoms with E-state index in [4.69, 9.17) is 0 Å². The van der Waals surface area contributed by atoms with Crippen LogP contribution in [-0.4, -0.2) is 12.5 Å². The van der Waals surface area contributed by atoms with E-state index >= 15 is 0 Å². The average molecular weight is 324 g/mol. The lowest BCUT2D eigenvalue weighted by Gasteiger charge is -2.13. The summed E-state index contributed by atoms with van der Waals surface area (Å²) in [6, 6.07) is 8.63. The third kappa shape index (κ3) is 4.70. The summed E-state index contributed by atoms with van der Waals surface area (Å²) in [5, 5.41) is 5.13. The number of anilines is 2. The second kappa shape index (κ2) is 7.13. The summed E-state index contributed by atoms with van der Waals surface area (Å²) >= 11 is 0. The summed E-state index contributed by atoms with van der Waals surface area (Å²) in [6.07, 6.45) is -1.94. The molecule has 0 aliphatic carbocycles. The fourth-order valence-corrected chi connectivity index (χ4v) is 2.04. The van der Waals surface area contributed by atoms with Crippen LogP contribution in [0.25, 0.3) is 0 Å². The molecule has 1 aromatic heterocycles. The second-order valence-corrected chi connectivity index (χ2v) is 4.91. The molecule has 0 unspecified atom stereocenters. The molecule has 0 aliphatic rings. The summed E-state index contributed by atoms with van der Waals surface area (Å²) in [4.78, 5) is 14.8. The molecule has 0 bridgehead atoms. The van der Waals surface area contributed by atoms with Crippen LogP contribution in [0, 0.1) is 0 Å². The van der Waals surface area contributed by atoms with Crippen molar-refractivity contribution in [2.24, 2.45) is 0 Å². The number of hydrogen-bond acceptors (Lipinski definition) is 2. The van der Waals surface area contributed by atoms with Gasteiger partial charge in [-0.05, 0) is 30.2 Å². The molecule has 0 aliphatic heterocycles. The third-order valence-electron chi connectivity index (χ3n) is 3.22. The molecule has 0 spiro atoms. The molecular weight excluding hydrogens is 307 g/mol. The number of pyridine rings is 1. The average Bonchev–Trinajstić information content (AvgIpc) is 2.52. The van der Waals surface area contributed by atoms with Crippen molar-refractivity contribution in [3.63, 3.8) is 0 Å². The number of hydrogen-bond donors (Lipinski definition) is 2. The minimum Gasteiger partial charge on any atom is -0.322 e. The maximum atomic E-state index is 12.9. The van der Waals surface area contributed by atoms with Gasteiger partial charge in [-0.2, -0.15) is 13.2 Å². The fourth-order valence-electron chi connectivity index (χ4n) is 2.04. The van der Waals surface area contributed by atoms with Crippen molar-refractivity contribution in [1.82, 2.24) is 0 Å². The molecular formula is C16H17F3N3O+. The molecule has 7 heteroatoms. The molecule has 0 radical (unpaired) electrons. The Morgan fingerprint density at radius 1 is 1.22 bits per heavy atom. The number of carbonyl (C=O) groups is 1. The van der Waals surface area contributed by atoms with Gasteiger partial charge in [0.05, 0.1) is 17.4 Å². The highest BCUT2D eigenvalue weighted by Crippen LogP contribution is 2.34. The second-order valence-electron chi connectivity index (χ2n) is 4.91. The van der Waals surface area contributed by atoms with Gasteiger partial charge in [-0.1, -0.05) is 19.1 Å². The Bertz CT molecular complexity index is 686. The number of nitrogens with one attached hydrogen (secondary N) is 3. The van der Waals surface area contributed by atoms with Crippen molar-refractivity contribution in [3.05, 3.63) is 53.7 Å². The van der Waals surface area contributed by atoms with Crippen LogP contribution in [0.5, 0.6) is 0 Å². The molecule has 1 aromatic carbocycles. The fraction of sp³-hybridized carbons (Fsp3) is 0.250. The minimum absolute atomic E-state index is 0.143. The Morgan fingerprint density at radius 3 is 2.65 bits per heavy atom. The lowest BCUT2D eigenvalue weighted by atomic mass is 10.1. The number of H-pyrrole nitrogens is 1. The highest BCUT2D eigenvalue weighted by molar-refractivity contribution is 5.94. The molecule has 4 nitrogen and oxygen atoms in total. The van der Waals surface area contributed by atoms with Crippen LogP contribution in [0.1, 0.15) is 18.1 Å². The summed E-state index contributed by atoms with van der Waals surface area (Å²) in [6.45, 7) is 1.86. The molecule has 23 heavy (non-hydrogen) atoms. The van der Waals surface area contributed by atoms with Crippen LogP contribution in [0.15, 0.2) is 42.6 Å². The van der Waals surface area contributed by atoms with Gasteiger partial charge in [0.1, 0.15) is 0 Å². The lowest BCUT2D eigenvalue weighted by Crippen LogP contribution is -2.26. The Balaban J connectivity index is 2.00. The first kappa shape index (κ1) is 16.8. The first-order valence-corrected chi connectivity index (χ1v) is 7.10. The van der Waals surface area contributed by atoms with Crippen LogP contribution in [0.2, 0.25) is 0 Å². The van der Waals surface area contributed by atoms with E-state index in [0.29, 0.717) is 5.82 Å². The van der Waals surface area contributed by atoms with E-state index in [1.807, 2.05) is 19.1 Å². The van der Waals surface area contributed by atoms with Crippen LogP contribution in [0.3, 0.4) is 0 Å². The number of halogens is 3. The largest absolute Gasteiger partial charge is 0.418 e. The predicted octanol–water partition coefficient (Wildman–Crippen LogP) is 3.13. The Labute approximate surface area is 131 Å². The number of alkyl halides is 3. The molecule has 0 fully saturated rings. The zero-order valence-corrected chi connectivity index (χ0v) is 12.5. The quantitative estimate of drug-likeness (QED) is 0.888. The SMILES string of the molecule is CCc1cc[nH+]c(NCC(=O)Nc2ccccc2C(F)(F)F)c1. The van der Waals surface area contributed by atoms with Gasteiger partial charge in [0.15, 0.2) is 6.54 Å². The smallest absolute Gasteiger partial charge is 0.322 e. The number of rotatable bonds is 5. The van der Waals surface area contributed by atoms with Gasteiger partial charge in [-0.15, -0.1) is 0 Å². The summed E-state index contributed by atoms with van der Waals surface area (Å²) in [5.74, 6) is 0.0700. The van der Waals surface area contributed by atoms with Gasteiger partial charge < -0.3 is 5.32 Å². The summed E-state index contributed by atoms with van der Waals surface area (Å²) in [5.41, 5.74) is -0.0416. The molecule has 0 saturated heterocycles.